The van der Waals surface area contributed by atoms with Crippen LogP contribution >= 0.6 is 15.9 Å². The highest BCUT2D eigenvalue weighted by molar-refractivity contribution is 9.10. The number of aromatic nitrogens is 1. The predicted molar refractivity (Wildman–Crippen MR) is 99.4 cm³/mol. The molecule has 1 fully saturated rings. The molecule has 0 amide bonds. The topological polar surface area (TPSA) is 59.2 Å². The quantitative estimate of drug-likeness (QED) is 0.675. The number of carbonyl (C=O) groups is 1. The Kier molecular flexibility index (Phi) is 3.96. The molecule has 4 nitrogen and oxygen atoms in total. The van der Waals surface area contributed by atoms with Gasteiger partial charge >= 0.3 is 5.97 Å². The number of benzene rings is 2. The van der Waals surface area contributed by atoms with Gasteiger partial charge in [0.25, 0.3) is 5.56 Å². The molecule has 1 aliphatic rings. The van der Waals surface area contributed by atoms with E-state index in [1.165, 1.54) is 0 Å². The molecular weight excluding hydrogens is 382 g/mol. The minimum absolute atomic E-state index is 0.0226. The molecule has 5 heteroatoms. The van der Waals surface area contributed by atoms with Crippen molar-refractivity contribution in [1.29, 1.82) is 0 Å². The predicted octanol–water partition coefficient (Wildman–Crippen LogP) is 4.07. The largest absolute Gasteiger partial charge is 0.460 e. The number of ether oxygens (including phenoxy) is 1. The van der Waals surface area contributed by atoms with Gasteiger partial charge in [-0.05, 0) is 42.0 Å². The smallest absolute Gasteiger partial charge is 0.316 e. The van der Waals surface area contributed by atoms with E-state index in [0.29, 0.717) is 5.56 Å². The van der Waals surface area contributed by atoms with Crippen LogP contribution < -0.4 is 5.56 Å². The molecule has 3 aromatic rings. The number of pyridine rings is 1. The summed E-state index contributed by atoms with van der Waals surface area (Å²) in [5.41, 5.74) is 1.37. The van der Waals surface area contributed by atoms with Crippen LogP contribution in [0.4, 0.5) is 0 Å². The first kappa shape index (κ1) is 16.1. The van der Waals surface area contributed by atoms with Crippen molar-refractivity contribution in [2.45, 2.75) is 24.9 Å². The fourth-order valence-corrected chi connectivity index (χ4v) is 3.80. The molecule has 126 valence electrons. The van der Waals surface area contributed by atoms with Gasteiger partial charge in [0.1, 0.15) is 6.61 Å². The van der Waals surface area contributed by atoms with Gasteiger partial charge in [0.15, 0.2) is 0 Å². The minimum Gasteiger partial charge on any atom is -0.460 e. The zero-order valence-electron chi connectivity index (χ0n) is 13.4. The van der Waals surface area contributed by atoms with Crippen LogP contribution in [0.3, 0.4) is 0 Å². The first-order valence-electron chi connectivity index (χ1n) is 8.13. The summed E-state index contributed by atoms with van der Waals surface area (Å²) in [6.07, 6.45) is 1.53. The molecule has 0 unspecified atom stereocenters. The Labute approximate surface area is 153 Å². The lowest BCUT2D eigenvalue weighted by Crippen LogP contribution is -2.25. The maximum Gasteiger partial charge on any atom is 0.316 e. The summed E-state index contributed by atoms with van der Waals surface area (Å²) in [6, 6.07) is 17.0. The lowest BCUT2D eigenvalue weighted by molar-refractivity contribution is -0.148. The number of fused-ring (bicyclic) bond motifs is 1. The van der Waals surface area contributed by atoms with Gasteiger partial charge in [0, 0.05) is 9.99 Å². The molecule has 0 aliphatic heterocycles. The van der Waals surface area contributed by atoms with Gasteiger partial charge in [0.05, 0.1) is 11.0 Å². The molecule has 4 rings (SSSR count). The third-order valence-corrected chi connectivity index (χ3v) is 5.41. The lowest BCUT2D eigenvalue weighted by atomic mass is 9.96. The summed E-state index contributed by atoms with van der Waals surface area (Å²) in [5, 5.41) is 0.917. The Morgan fingerprint density at radius 2 is 1.84 bits per heavy atom. The van der Waals surface area contributed by atoms with Crippen LogP contribution in [0.15, 0.2) is 63.9 Å². The number of aromatic amines is 1. The summed E-state index contributed by atoms with van der Waals surface area (Å²) in [7, 11) is 0. The molecule has 0 atom stereocenters. The lowest BCUT2D eigenvalue weighted by Gasteiger charge is -2.16. The number of H-pyrrole nitrogens is 1. The Balaban J connectivity index is 1.56. The Hall–Kier alpha value is -2.40. The fraction of sp³-hybridized carbons (Fsp3) is 0.200. The van der Waals surface area contributed by atoms with Gasteiger partial charge in [-0.15, -0.1) is 0 Å². The van der Waals surface area contributed by atoms with Gasteiger partial charge in [-0.25, -0.2) is 0 Å². The second-order valence-electron chi connectivity index (χ2n) is 6.35. The highest BCUT2D eigenvalue weighted by atomic mass is 79.9. The summed E-state index contributed by atoms with van der Waals surface area (Å²) in [6.45, 7) is -0.0226. The molecule has 0 radical (unpaired) electrons. The van der Waals surface area contributed by atoms with Crippen molar-refractivity contribution in [2.75, 3.05) is 0 Å². The number of nitrogens with one attached hydrogen (secondary N) is 1. The molecule has 1 aliphatic carbocycles. The van der Waals surface area contributed by atoms with E-state index in [1.54, 1.807) is 6.07 Å². The van der Waals surface area contributed by atoms with Gasteiger partial charge in [0.2, 0.25) is 0 Å². The average molecular weight is 398 g/mol. The number of para-hydroxylation sites is 1. The van der Waals surface area contributed by atoms with Crippen molar-refractivity contribution in [1.82, 2.24) is 4.98 Å². The highest BCUT2D eigenvalue weighted by Gasteiger charge is 2.53. The summed E-state index contributed by atoms with van der Waals surface area (Å²) in [4.78, 5) is 27.7. The van der Waals surface area contributed by atoms with E-state index in [1.807, 2.05) is 48.5 Å². The molecule has 1 N–H and O–H groups in total. The maximum absolute atomic E-state index is 12.7. The van der Waals surface area contributed by atoms with Crippen molar-refractivity contribution in [3.8, 4) is 0 Å². The number of hydrogen-bond donors (Lipinski definition) is 1. The Morgan fingerprint density at radius 1 is 1.12 bits per heavy atom. The number of esters is 1. The van der Waals surface area contributed by atoms with Crippen molar-refractivity contribution >= 4 is 32.8 Å². The van der Waals surface area contributed by atoms with E-state index in [-0.39, 0.29) is 18.1 Å². The average Bonchev–Trinajstić information content (AvgIpc) is 3.42. The Morgan fingerprint density at radius 3 is 2.60 bits per heavy atom. The van der Waals surface area contributed by atoms with E-state index >= 15 is 0 Å². The van der Waals surface area contributed by atoms with Crippen LogP contribution in [0.25, 0.3) is 10.9 Å². The summed E-state index contributed by atoms with van der Waals surface area (Å²) < 4.78 is 6.42. The third-order valence-electron chi connectivity index (χ3n) is 4.72. The van der Waals surface area contributed by atoms with Crippen LogP contribution in [0, 0.1) is 0 Å². The van der Waals surface area contributed by atoms with Gasteiger partial charge in [-0.2, -0.15) is 0 Å². The first-order chi connectivity index (χ1) is 12.1. The second-order valence-corrected chi connectivity index (χ2v) is 7.20. The molecule has 1 saturated carbocycles. The van der Waals surface area contributed by atoms with E-state index < -0.39 is 5.41 Å². The molecule has 1 aromatic heterocycles. The van der Waals surface area contributed by atoms with Crippen molar-refractivity contribution < 1.29 is 9.53 Å². The van der Waals surface area contributed by atoms with Crippen molar-refractivity contribution in [3.63, 3.8) is 0 Å². The van der Waals surface area contributed by atoms with Gasteiger partial charge in [-0.3, -0.25) is 9.59 Å². The monoisotopic (exact) mass is 397 g/mol. The molecule has 2 aromatic carbocycles. The molecule has 0 spiro atoms. The fourth-order valence-electron chi connectivity index (χ4n) is 3.14. The second kappa shape index (κ2) is 6.15. The van der Waals surface area contributed by atoms with E-state index in [4.69, 9.17) is 4.74 Å². The van der Waals surface area contributed by atoms with Crippen molar-refractivity contribution in [2.24, 2.45) is 0 Å². The highest BCUT2D eigenvalue weighted by Crippen LogP contribution is 2.51. The number of hydrogen-bond acceptors (Lipinski definition) is 3. The van der Waals surface area contributed by atoms with Crippen molar-refractivity contribution in [3.05, 3.63) is 80.6 Å². The van der Waals surface area contributed by atoms with Crippen LogP contribution in [0.5, 0.6) is 0 Å². The van der Waals surface area contributed by atoms with Crippen LogP contribution in [0.1, 0.15) is 24.0 Å². The normalized spacial score (nSPS) is 15.1. The maximum atomic E-state index is 12.7. The first-order valence-corrected chi connectivity index (χ1v) is 8.93. The van der Waals surface area contributed by atoms with E-state index in [0.717, 1.165) is 33.8 Å². The zero-order chi connectivity index (χ0) is 17.4. The van der Waals surface area contributed by atoms with Crippen LogP contribution in [-0.2, 0) is 21.6 Å². The summed E-state index contributed by atoms with van der Waals surface area (Å²) >= 11 is 3.51. The summed E-state index contributed by atoms with van der Waals surface area (Å²) in [5.74, 6) is -0.271. The molecule has 25 heavy (non-hydrogen) atoms. The van der Waals surface area contributed by atoms with Gasteiger partial charge in [-0.1, -0.05) is 52.3 Å². The minimum atomic E-state index is -0.580. The van der Waals surface area contributed by atoms with E-state index in [2.05, 4.69) is 20.9 Å². The number of halogens is 1. The zero-order valence-corrected chi connectivity index (χ0v) is 15.0. The van der Waals surface area contributed by atoms with E-state index in [9.17, 15) is 9.59 Å². The molecule has 0 bridgehead atoms. The molecular formula is C20H16BrNO3. The molecule has 1 heterocycles. The van der Waals surface area contributed by atoms with Crippen LogP contribution in [0.2, 0.25) is 0 Å². The SMILES string of the molecule is O=C(OCc1cc2ccccc2[nH]c1=O)C1(c2ccccc2Br)CC1. The van der Waals surface area contributed by atoms with Gasteiger partial charge < -0.3 is 9.72 Å². The van der Waals surface area contributed by atoms with Crippen LogP contribution in [-0.4, -0.2) is 11.0 Å². The molecule has 0 saturated heterocycles. The number of carbonyl (C=O) groups excluding carboxylic acids is 1. The Bertz CT molecular complexity index is 1020. The standard InChI is InChI=1S/C20H16BrNO3/c21-16-7-3-2-6-15(16)20(9-10-20)19(24)25-12-14-11-13-5-1-4-8-17(13)22-18(14)23/h1-8,11H,9-10,12H2,(H,22,23). The third kappa shape index (κ3) is 2.89. The number of rotatable bonds is 4.